The monoisotopic (exact) mass is 295 g/mol. The fourth-order valence-electron chi connectivity index (χ4n) is 1.55. The third kappa shape index (κ3) is 2.91. The Balaban J connectivity index is 0.00000112. The fraction of sp³-hybridized carbons (Fsp3) is 0.400. The summed E-state index contributed by atoms with van der Waals surface area (Å²) in [6, 6.07) is 5.29. The van der Waals surface area contributed by atoms with Crippen molar-refractivity contribution in [1.82, 2.24) is 5.32 Å². The quantitative estimate of drug-likeness (QED) is 0.860. The predicted molar refractivity (Wildman–Crippen MR) is 62.9 cm³/mol. The molecule has 0 bridgehead atoms. The first kappa shape index (κ1) is 12.9. The van der Waals surface area contributed by atoms with Crippen LogP contribution >= 0.6 is 28.3 Å². The zero-order chi connectivity index (χ0) is 9.97. The highest BCUT2D eigenvalue weighted by atomic mass is 79.9. The summed E-state index contributed by atoms with van der Waals surface area (Å²) in [6.07, 6.45) is 0. The van der Waals surface area contributed by atoms with Gasteiger partial charge in [-0.3, -0.25) is 0 Å². The topological polar surface area (TPSA) is 21.3 Å². The number of hydrogen-bond donors (Lipinski definition) is 1. The van der Waals surface area contributed by atoms with Crippen LogP contribution < -0.4 is 5.32 Å². The van der Waals surface area contributed by atoms with Crippen molar-refractivity contribution in [1.29, 1.82) is 0 Å². The second kappa shape index (κ2) is 5.80. The highest BCUT2D eigenvalue weighted by molar-refractivity contribution is 9.10. The Morgan fingerprint density at radius 3 is 2.93 bits per heavy atom. The van der Waals surface area contributed by atoms with Gasteiger partial charge in [-0.25, -0.2) is 4.39 Å². The van der Waals surface area contributed by atoms with Gasteiger partial charge in [0.25, 0.3) is 0 Å². The van der Waals surface area contributed by atoms with Crippen LogP contribution in [0.4, 0.5) is 4.39 Å². The maximum Gasteiger partial charge on any atom is 0.142 e. The van der Waals surface area contributed by atoms with Crippen molar-refractivity contribution in [3.8, 4) is 0 Å². The molecule has 1 atom stereocenters. The predicted octanol–water partition coefficient (Wildman–Crippen LogP) is 2.67. The Morgan fingerprint density at radius 1 is 1.47 bits per heavy atom. The van der Waals surface area contributed by atoms with E-state index >= 15 is 0 Å². The average Bonchev–Trinajstić information content (AvgIpc) is 2.23. The number of nitrogens with one attached hydrogen (secondary N) is 1. The third-order valence-electron chi connectivity index (χ3n) is 2.28. The van der Waals surface area contributed by atoms with E-state index in [1.807, 2.05) is 6.07 Å². The second-order valence-electron chi connectivity index (χ2n) is 3.22. The second-order valence-corrected chi connectivity index (χ2v) is 4.08. The molecule has 5 heteroatoms. The van der Waals surface area contributed by atoms with Gasteiger partial charge in [-0.05, 0) is 22.0 Å². The van der Waals surface area contributed by atoms with Crippen molar-refractivity contribution in [2.45, 2.75) is 6.04 Å². The maximum atomic E-state index is 13.6. The van der Waals surface area contributed by atoms with Crippen LogP contribution in [0.2, 0.25) is 0 Å². The van der Waals surface area contributed by atoms with Gasteiger partial charge in [0.15, 0.2) is 0 Å². The molecule has 0 amide bonds. The molecule has 84 valence electrons. The summed E-state index contributed by atoms with van der Waals surface area (Å²) in [5, 5.41) is 3.22. The molecule has 1 fully saturated rings. The summed E-state index contributed by atoms with van der Waals surface area (Å²) in [7, 11) is 0. The number of benzene rings is 1. The van der Waals surface area contributed by atoms with Crippen LogP contribution in [0, 0.1) is 5.82 Å². The van der Waals surface area contributed by atoms with Crippen LogP contribution in [0.1, 0.15) is 11.6 Å². The normalized spacial score (nSPS) is 20.8. The van der Waals surface area contributed by atoms with Crippen molar-refractivity contribution in [3.63, 3.8) is 0 Å². The van der Waals surface area contributed by atoms with Gasteiger partial charge in [0.1, 0.15) is 5.82 Å². The molecule has 1 saturated heterocycles. The highest BCUT2D eigenvalue weighted by Gasteiger charge is 2.19. The summed E-state index contributed by atoms with van der Waals surface area (Å²) in [6.45, 7) is 2.01. The van der Waals surface area contributed by atoms with Gasteiger partial charge in [0, 0.05) is 12.1 Å². The largest absolute Gasteiger partial charge is 0.378 e. The molecule has 1 aromatic carbocycles. The van der Waals surface area contributed by atoms with Crippen LogP contribution in [0.5, 0.6) is 0 Å². The molecule has 1 aliphatic rings. The van der Waals surface area contributed by atoms with Crippen molar-refractivity contribution in [2.24, 2.45) is 0 Å². The lowest BCUT2D eigenvalue weighted by molar-refractivity contribution is 0.0757. The van der Waals surface area contributed by atoms with E-state index in [0.29, 0.717) is 23.2 Å². The van der Waals surface area contributed by atoms with Gasteiger partial charge in [0.05, 0.1) is 23.7 Å². The molecule has 1 heterocycles. The van der Waals surface area contributed by atoms with Gasteiger partial charge in [0.2, 0.25) is 0 Å². The van der Waals surface area contributed by atoms with E-state index in [9.17, 15) is 4.39 Å². The molecular formula is C10H12BrClFNO. The summed E-state index contributed by atoms with van der Waals surface area (Å²) in [5.74, 6) is -0.199. The maximum absolute atomic E-state index is 13.6. The number of rotatable bonds is 1. The number of hydrogen-bond acceptors (Lipinski definition) is 2. The Morgan fingerprint density at radius 2 is 2.27 bits per heavy atom. The molecule has 15 heavy (non-hydrogen) atoms. The van der Waals surface area contributed by atoms with Crippen LogP contribution in [0.3, 0.4) is 0 Å². The summed E-state index contributed by atoms with van der Waals surface area (Å²) >= 11 is 3.17. The van der Waals surface area contributed by atoms with Gasteiger partial charge < -0.3 is 10.1 Å². The van der Waals surface area contributed by atoms with E-state index in [2.05, 4.69) is 21.2 Å². The Hall–Kier alpha value is -0.160. The van der Waals surface area contributed by atoms with Crippen LogP contribution in [0.15, 0.2) is 22.7 Å². The lowest BCUT2D eigenvalue weighted by atomic mass is 10.1. The first-order chi connectivity index (χ1) is 6.79. The number of halogens is 3. The van der Waals surface area contributed by atoms with Crippen molar-refractivity contribution in [3.05, 3.63) is 34.1 Å². The minimum absolute atomic E-state index is 0. The smallest absolute Gasteiger partial charge is 0.142 e. The van der Waals surface area contributed by atoms with Crippen molar-refractivity contribution < 1.29 is 9.13 Å². The SMILES string of the molecule is Cl.Fc1c(Br)cccc1[C@H]1COCCN1. The molecule has 1 aliphatic heterocycles. The molecule has 0 aromatic heterocycles. The summed E-state index contributed by atoms with van der Waals surface area (Å²) < 4.78 is 19.4. The molecule has 1 N–H and O–H groups in total. The molecule has 2 nitrogen and oxygen atoms in total. The summed E-state index contributed by atoms with van der Waals surface area (Å²) in [5.41, 5.74) is 0.666. The molecule has 0 saturated carbocycles. The zero-order valence-corrected chi connectivity index (χ0v) is 10.4. The van der Waals surface area contributed by atoms with E-state index in [-0.39, 0.29) is 24.3 Å². The molecule has 0 radical (unpaired) electrons. The Labute approximate surface area is 103 Å². The molecular weight excluding hydrogens is 284 g/mol. The van der Waals surface area contributed by atoms with E-state index in [1.54, 1.807) is 12.1 Å². The lowest BCUT2D eigenvalue weighted by Crippen LogP contribution is -2.35. The van der Waals surface area contributed by atoms with Crippen molar-refractivity contribution in [2.75, 3.05) is 19.8 Å². The zero-order valence-electron chi connectivity index (χ0n) is 8.00. The molecule has 1 aromatic rings. The molecule has 2 rings (SSSR count). The van der Waals surface area contributed by atoms with E-state index < -0.39 is 0 Å². The van der Waals surface area contributed by atoms with Gasteiger partial charge >= 0.3 is 0 Å². The van der Waals surface area contributed by atoms with Crippen molar-refractivity contribution >= 4 is 28.3 Å². The molecule has 0 aliphatic carbocycles. The first-order valence-corrected chi connectivity index (χ1v) is 5.33. The Kier molecular flexibility index (Phi) is 4.99. The highest BCUT2D eigenvalue weighted by Crippen LogP contribution is 2.24. The Bertz CT molecular complexity index is 331. The molecule has 0 spiro atoms. The minimum Gasteiger partial charge on any atom is -0.378 e. The summed E-state index contributed by atoms with van der Waals surface area (Å²) in [4.78, 5) is 0. The first-order valence-electron chi connectivity index (χ1n) is 4.54. The van der Waals surface area contributed by atoms with E-state index in [4.69, 9.17) is 4.74 Å². The minimum atomic E-state index is -0.199. The van der Waals surface area contributed by atoms with E-state index in [1.165, 1.54) is 0 Å². The average molecular weight is 297 g/mol. The standard InChI is InChI=1S/C10H11BrFNO.ClH/c11-8-3-1-2-7(10(8)12)9-6-14-5-4-13-9;/h1-3,9,13H,4-6H2;1H/t9-;/m1./s1. The van der Waals surface area contributed by atoms with Gasteiger partial charge in [-0.15, -0.1) is 12.4 Å². The van der Waals surface area contributed by atoms with E-state index in [0.717, 1.165) is 6.54 Å². The van der Waals surface area contributed by atoms with Gasteiger partial charge in [-0.1, -0.05) is 12.1 Å². The fourth-order valence-corrected chi connectivity index (χ4v) is 1.94. The number of ether oxygens (including phenoxy) is 1. The third-order valence-corrected chi connectivity index (χ3v) is 2.89. The molecule has 0 unspecified atom stereocenters. The van der Waals surface area contributed by atoms with Crippen LogP contribution in [-0.2, 0) is 4.74 Å². The lowest BCUT2D eigenvalue weighted by Gasteiger charge is -2.24. The van der Waals surface area contributed by atoms with Crippen LogP contribution in [0.25, 0.3) is 0 Å². The van der Waals surface area contributed by atoms with Crippen LogP contribution in [-0.4, -0.2) is 19.8 Å². The van der Waals surface area contributed by atoms with Gasteiger partial charge in [-0.2, -0.15) is 0 Å². The number of morpholine rings is 1.